The minimum atomic E-state index is -0.279. The van der Waals surface area contributed by atoms with Crippen molar-refractivity contribution in [3.05, 3.63) is 62.6 Å². The first-order valence-electron chi connectivity index (χ1n) is 9.34. The number of hydrogen-bond acceptors (Lipinski definition) is 6. The van der Waals surface area contributed by atoms with Gasteiger partial charge >= 0.3 is 0 Å². The lowest BCUT2D eigenvalue weighted by atomic mass is 10.1. The molecule has 0 fully saturated rings. The van der Waals surface area contributed by atoms with E-state index in [1.54, 1.807) is 16.6 Å². The zero-order valence-corrected chi connectivity index (χ0v) is 18.8. The van der Waals surface area contributed by atoms with Crippen LogP contribution < -0.4 is 5.32 Å². The van der Waals surface area contributed by atoms with Crippen LogP contribution in [0.25, 0.3) is 27.2 Å². The van der Waals surface area contributed by atoms with Crippen LogP contribution in [0.3, 0.4) is 0 Å². The van der Waals surface area contributed by atoms with E-state index >= 15 is 0 Å². The Morgan fingerprint density at radius 1 is 1.23 bits per heavy atom. The lowest BCUT2D eigenvalue weighted by molar-refractivity contribution is -0.115. The van der Waals surface area contributed by atoms with Crippen molar-refractivity contribution in [2.24, 2.45) is 0 Å². The smallest absolute Gasteiger partial charge is 0.250 e. The highest BCUT2D eigenvalue weighted by molar-refractivity contribution is 7.15. The van der Waals surface area contributed by atoms with E-state index in [0.717, 1.165) is 27.8 Å². The minimum absolute atomic E-state index is 0.0542. The molecule has 0 saturated carbocycles. The molecule has 0 radical (unpaired) electrons. The Bertz CT molecular complexity index is 1470. The summed E-state index contributed by atoms with van der Waals surface area (Å²) in [6.07, 6.45) is 0.0542. The highest BCUT2D eigenvalue weighted by atomic mass is 35.5. The normalized spacial score (nSPS) is 11.5. The number of halogens is 2. The number of aryl methyl sites for hydroxylation is 2. The van der Waals surface area contributed by atoms with Crippen LogP contribution >= 0.6 is 34.5 Å². The van der Waals surface area contributed by atoms with Crippen LogP contribution in [0.15, 0.2) is 40.2 Å². The Balaban J connectivity index is 1.40. The van der Waals surface area contributed by atoms with Crippen molar-refractivity contribution in [1.82, 2.24) is 19.8 Å². The van der Waals surface area contributed by atoms with E-state index in [2.05, 4.69) is 20.6 Å². The predicted octanol–water partition coefficient (Wildman–Crippen LogP) is 5.70. The molecule has 0 aliphatic heterocycles. The Labute approximate surface area is 190 Å². The average Bonchev–Trinajstić information content (AvgIpc) is 3.37. The summed E-state index contributed by atoms with van der Waals surface area (Å²) in [4.78, 5) is 17.6. The summed E-state index contributed by atoms with van der Waals surface area (Å²) in [5.74, 6) is -0.0676. The first-order chi connectivity index (χ1) is 14.9. The molecule has 1 amide bonds. The molecule has 3 heterocycles. The van der Waals surface area contributed by atoms with E-state index in [9.17, 15) is 4.79 Å². The summed E-state index contributed by atoms with van der Waals surface area (Å²) in [5.41, 5.74) is 4.88. The summed E-state index contributed by atoms with van der Waals surface area (Å²) in [6, 6.07) is 9.24. The maximum Gasteiger partial charge on any atom is 0.250 e. The standard InChI is InChI=1S/C21H15Cl2N5O2S/c1-10-5-11(2)19-14(6-10)16(27-30-19)8-18(29)24-20-25-21-28(26-20)17(9-31-21)13-4-3-12(22)7-15(13)23/h3-7,9H,8H2,1-2H3,(H,24,26,29). The van der Waals surface area contributed by atoms with Gasteiger partial charge in [-0.2, -0.15) is 4.98 Å². The van der Waals surface area contributed by atoms with Crippen LogP contribution in [0, 0.1) is 13.8 Å². The van der Waals surface area contributed by atoms with Crippen molar-refractivity contribution in [3.8, 4) is 11.3 Å². The first-order valence-corrected chi connectivity index (χ1v) is 11.0. The number of carbonyl (C=O) groups excluding carboxylic acids is 1. The molecule has 0 atom stereocenters. The fraction of sp³-hybridized carbons (Fsp3) is 0.143. The van der Waals surface area contributed by atoms with Gasteiger partial charge in [-0.15, -0.1) is 16.4 Å². The summed E-state index contributed by atoms with van der Waals surface area (Å²) in [5, 5.41) is 15.0. The SMILES string of the molecule is Cc1cc(C)c2onc(CC(=O)Nc3nc4scc(-c5ccc(Cl)cc5Cl)n4n3)c2c1. The van der Waals surface area contributed by atoms with Gasteiger partial charge in [-0.25, -0.2) is 4.52 Å². The van der Waals surface area contributed by atoms with Gasteiger partial charge in [0, 0.05) is 21.4 Å². The van der Waals surface area contributed by atoms with Crippen LogP contribution in [0.2, 0.25) is 10.0 Å². The molecule has 1 N–H and O–H groups in total. The lowest BCUT2D eigenvalue weighted by Crippen LogP contribution is -2.16. The molecule has 2 aromatic carbocycles. The van der Waals surface area contributed by atoms with Gasteiger partial charge in [-0.05, 0) is 49.2 Å². The number of benzene rings is 2. The second-order valence-electron chi connectivity index (χ2n) is 7.19. The van der Waals surface area contributed by atoms with Crippen molar-refractivity contribution < 1.29 is 9.32 Å². The van der Waals surface area contributed by atoms with E-state index in [1.165, 1.54) is 11.3 Å². The van der Waals surface area contributed by atoms with Crippen LogP contribution in [0.1, 0.15) is 16.8 Å². The first kappa shape index (κ1) is 20.0. The number of nitrogens with zero attached hydrogens (tertiary/aromatic N) is 4. The average molecular weight is 472 g/mol. The molecule has 0 spiro atoms. The quantitative estimate of drug-likeness (QED) is 0.363. The Kier molecular flexibility index (Phi) is 4.92. The van der Waals surface area contributed by atoms with Gasteiger partial charge in [-0.1, -0.05) is 34.4 Å². The van der Waals surface area contributed by atoms with Gasteiger partial charge in [0.15, 0.2) is 5.58 Å². The molecule has 7 nitrogen and oxygen atoms in total. The molecular formula is C21H15Cl2N5O2S. The van der Waals surface area contributed by atoms with E-state index in [0.29, 0.717) is 26.3 Å². The van der Waals surface area contributed by atoms with Crippen molar-refractivity contribution in [3.63, 3.8) is 0 Å². The van der Waals surface area contributed by atoms with Crippen molar-refractivity contribution in [2.45, 2.75) is 20.3 Å². The maximum absolute atomic E-state index is 12.6. The van der Waals surface area contributed by atoms with Gasteiger partial charge in [-0.3, -0.25) is 10.1 Å². The van der Waals surface area contributed by atoms with E-state index < -0.39 is 0 Å². The molecule has 0 aliphatic rings. The fourth-order valence-corrected chi connectivity index (χ4v) is 4.83. The summed E-state index contributed by atoms with van der Waals surface area (Å²) in [7, 11) is 0. The van der Waals surface area contributed by atoms with Gasteiger partial charge in [0.05, 0.1) is 17.1 Å². The van der Waals surface area contributed by atoms with Crippen LogP contribution in [-0.2, 0) is 11.2 Å². The maximum atomic E-state index is 12.6. The lowest BCUT2D eigenvalue weighted by Gasteiger charge is -2.03. The number of hydrogen-bond donors (Lipinski definition) is 1. The highest BCUT2D eigenvalue weighted by Gasteiger charge is 2.18. The predicted molar refractivity (Wildman–Crippen MR) is 122 cm³/mol. The highest BCUT2D eigenvalue weighted by Crippen LogP contribution is 2.33. The van der Waals surface area contributed by atoms with Crippen LogP contribution in [-0.4, -0.2) is 25.7 Å². The summed E-state index contributed by atoms with van der Waals surface area (Å²) < 4.78 is 7.07. The number of nitrogens with one attached hydrogen (secondary N) is 1. The monoisotopic (exact) mass is 471 g/mol. The molecule has 3 aromatic heterocycles. The molecule has 0 saturated heterocycles. The van der Waals surface area contributed by atoms with Crippen molar-refractivity contribution in [2.75, 3.05) is 5.32 Å². The Morgan fingerprint density at radius 2 is 2.06 bits per heavy atom. The molecule has 156 valence electrons. The number of thiazole rings is 1. The number of amides is 1. The molecule has 31 heavy (non-hydrogen) atoms. The third-order valence-corrected chi connectivity index (χ3v) is 6.21. The third kappa shape index (κ3) is 3.67. The van der Waals surface area contributed by atoms with E-state index in [-0.39, 0.29) is 18.3 Å². The Morgan fingerprint density at radius 3 is 2.87 bits per heavy atom. The summed E-state index contributed by atoms with van der Waals surface area (Å²) >= 11 is 13.7. The van der Waals surface area contributed by atoms with Crippen LogP contribution in [0.5, 0.6) is 0 Å². The zero-order valence-electron chi connectivity index (χ0n) is 16.4. The topological polar surface area (TPSA) is 85.3 Å². The molecular weight excluding hydrogens is 457 g/mol. The van der Waals surface area contributed by atoms with E-state index in [1.807, 2.05) is 37.4 Å². The van der Waals surface area contributed by atoms with Crippen molar-refractivity contribution in [1.29, 1.82) is 0 Å². The van der Waals surface area contributed by atoms with Gasteiger partial charge < -0.3 is 4.52 Å². The van der Waals surface area contributed by atoms with Crippen molar-refractivity contribution >= 4 is 62.3 Å². The van der Waals surface area contributed by atoms with Gasteiger partial charge in [0.1, 0.15) is 5.69 Å². The number of carbonyl (C=O) groups is 1. The number of aromatic nitrogens is 4. The second kappa shape index (κ2) is 7.64. The van der Waals surface area contributed by atoms with Gasteiger partial charge in [0.2, 0.25) is 16.8 Å². The molecule has 0 aliphatic carbocycles. The fourth-order valence-electron chi connectivity index (χ4n) is 3.51. The summed E-state index contributed by atoms with van der Waals surface area (Å²) in [6.45, 7) is 3.95. The molecule has 0 bridgehead atoms. The zero-order chi connectivity index (χ0) is 21.7. The number of fused-ring (bicyclic) bond motifs is 2. The van der Waals surface area contributed by atoms with Gasteiger partial charge in [0.25, 0.3) is 0 Å². The van der Waals surface area contributed by atoms with E-state index in [4.69, 9.17) is 27.7 Å². The number of anilines is 1. The van der Waals surface area contributed by atoms with Crippen LogP contribution in [0.4, 0.5) is 5.95 Å². The largest absolute Gasteiger partial charge is 0.356 e. The molecule has 0 unspecified atom stereocenters. The minimum Gasteiger partial charge on any atom is -0.356 e. The molecule has 5 aromatic rings. The number of rotatable bonds is 4. The third-order valence-electron chi connectivity index (χ3n) is 4.84. The molecule has 5 rings (SSSR count). The Hall–Kier alpha value is -2.94. The molecule has 10 heteroatoms. The second-order valence-corrected chi connectivity index (χ2v) is 8.87.